The largest absolute Gasteiger partial charge is 0.481 e. The summed E-state index contributed by atoms with van der Waals surface area (Å²) < 4.78 is 0. The van der Waals surface area contributed by atoms with E-state index in [0.29, 0.717) is 11.2 Å². The molecule has 0 aromatic rings. The van der Waals surface area contributed by atoms with Crippen molar-refractivity contribution in [1.82, 2.24) is 0 Å². The Morgan fingerprint density at radius 2 is 1.35 bits per heavy atom. The van der Waals surface area contributed by atoms with Crippen molar-refractivity contribution >= 4 is 11.8 Å². The van der Waals surface area contributed by atoms with Gasteiger partial charge in [-0.1, -0.05) is 41.5 Å². The molecule has 17 heavy (non-hydrogen) atoms. The zero-order valence-electron chi connectivity index (χ0n) is 12.4. The number of carboxylic acids is 1. The summed E-state index contributed by atoms with van der Waals surface area (Å²) in [7, 11) is 0. The molecule has 0 radical (unpaired) electrons. The fourth-order valence-corrected chi connectivity index (χ4v) is 1.00. The highest BCUT2D eigenvalue weighted by Gasteiger charge is 2.13. The molecule has 0 aromatic heterocycles. The monoisotopic (exact) mass is 244 g/mol. The van der Waals surface area contributed by atoms with Crippen molar-refractivity contribution in [2.45, 2.75) is 67.7 Å². The van der Waals surface area contributed by atoms with Gasteiger partial charge in [0, 0.05) is 6.42 Å². The maximum atomic E-state index is 10.5. The van der Waals surface area contributed by atoms with Gasteiger partial charge >= 0.3 is 5.97 Å². The van der Waals surface area contributed by atoms with Crippen molar-refractivity contribution in [3.63, 3.8) is 0 Å². The summed E-state index contributed by atoms with van der Waals surface area (Å²) in [4.78, 5) is 20.5. The summed E-state index contributed by atoms with van der Waals surface area (Å²) in [5.74, 6) is -0.428. The van der Waals surface area contributed by atoms with Crippen LogP contribution in [0, 0.1) is 10.8 Å². The molecular formula is C14H28O3. The summed E-state index contributed by atoms with van der Waals surface area (Å²) >= 11 is 0. The first kappa shape index (κ1) is 18.5. The van der Waals surface area contributed by atoms with E-state index in [0.717, 1.165) is 12.8 Å². The van der Waals surface area contributed by atoms with E-state index >= 15 is 0 Å². The number of carbonyl (C=O) groups excluding carboxylic acids is 1. The summed E-state index contributed by atoms with van der Waals surface area (Å²) in [6.45, 7) is 13.8. The van der Waals surface area contributed by atoms with Crippen molar-refractivity contribution < 1.29 is 14.7 Å². The van der Waals surface area contributed by atoms with Gasteiger partial charge < -0.3 is 9.90 Å². The molecule has 0 fully saturated rings. The number of aliphatic carboxylic acids is 1. The van der Waals surface area contributed by atoms with E-state index in [-0.39, 0.29) is 11.8 Å². The predicted molar refractivity (Wildman–Crippen MR) is 71.1 cm³/mol. The Kier molecular flexibility index (Phi) is 8.12. The van der Waals surface area contributed by atoms with E-state index in [1.807, 2.05) is 20.8 Å². The molecule has 0 amide bonds. The molecule has 0 rings (SSSR count). The van der Waals surface area contributed by atoms with Gasteiger partial charge in [-0.3, -0.25) is 4.79 Å². The number of carboxylic acid groups (broad SMARTS) is 1. The van der Waals surface area contributed by atoms with E-state index in [1.165, 1.54) is 0 Å². The lowest BCUT2D eigenvalue weighted by Gasteiger charge is -2.15. The van der Waals surface area contributed by atoms with E-state index in [9.17, 15) is 9.59 Å². The molecule has 102 valence electrons. The fourth-order valence-electron chi connectivity index (χ4n) is 1.00. The van der Waals surface area contributed by atoms with Crippen LogP contribution in [0.15, 0.2) is 0 Å². The number of hydrogen-bond donors (Lipinski definition) is 1. The van der Waals surface area contributed by atoms with Gasteiger partial charge in [-0.05, 0) is 24.2 Å². The minimum absolute atomic E-state index is 0.0775. The van der Waals surface area contributed by atoms with Crippen LogP contribution in [0.3, 0.4) is 0 Å². The van der Waals surface area contributed by atoms with Crippen LogP contribution in [0.2, 0.25) is 0 Å². The average molecular weight is 244 g/mol. The number of Topliss-reactive ketones (excluding diaryl/α,β-unsaturated/α-hetero) is 1. The standard InChI is InChI=1S/C8H16O.C6H12O2/c1-7(9)5-6-8(2,3)4;1-6(2,3)4-5(7)8/h5-6H2,1-4H3;4H2,1-3H3,(H,7,8). The third-order valence-electron chi connectivity index (χ3n) is 1.91. The molecule has 0 unspecified atom stereocenters. The van der Waals surface area contributed by atoms with Crippen molar-refractivity contribution in [3.05, 3.63) is 0 Å². The first-order chi connectivity index (χ1) is 7.33. The summed E-state index contributed by atoms with van der Waals surface area (Å²) in [5, 5.41) is 8.25. The van der Waals surface area contributed by atoms with Gasteiger partial charge in [0.25, 0.3) is 0 Å². The molecule has 0 saturated heterocycles. The molecular weight excluding hydrogens is 216 g/mol. The van der Waals surface area contributed by atoms with Crippen LogP contribution in [0.5, 0.6) is 0 Å². The molecule has 0 spiro atoms. The quantitative estimate of drug-likeness (QED) is 0.819. The van der Waals surface area contributed by atoms with Crippen molar-refractivity contribution in [2.24, 2.45) is 10.8 Å². The number of ketones is 1. The molecule has 0 bridgehead atoms. The van der Waals surface area contributed by atoms with E-state index in [2.05, 4.69) is 20.8 Å². The molecule has 0 aromatic carbocycles. The Morgan fingerprint density at radius 3 is 1.41 bits per heavy atom. The number of rotatable bonds is 3. The minimum atomic E-state index is -0.725. The maximum absolute atomic E-state index is 10.5. The summed E-state index contributed by atoms with van der Waals surface area (Å²) in [6.07, 6.45) is 1.97. The van der Waals surface area contributed by atoms with Gasteiger partial charge in [-0.2, -0.15) is 0 Å². The Hall–Kier alpha value is -0.860. The minimum Gasteiger partial charge on any atom is -0.481 e. The number of carbonyl (C=O) groups is 2. The van der Waals surface area contributed by atoms with Gasteiger partial charge in [0.05, 0.1) is 6.42 Å². The number of hydrogen-bond acceptors (Lipinski definition) is 2. The zero-order valence-corrected chi connectivity index (χ0v) is 12.4. The second-order valence-corrected chi connectivity index (χ2v) is 6.89. The van der Waals surface area contributed by atoms with Crippen LogP contribution in [0.1, 0.15) is 67.7 Å². The lowest BCUT2D eigenvalue weighted by Crippen LogP contribution is -2.11. The van der Waals surface area contributed by atoms with Crippen LogP contribution >= 0.6 is 0 Å². The van der Waals surface area contributed by atoms with Crippen molar-refractivity contribution in [2.75, 3.05) is 0 Å². The normalized spacial score (nSPS) is 11.5. The van der Waals surface area contributed by atoms with E-state index in [1.54, 1.807) is 6.92 Å². The van der Waals surface area contributed by atoms with Gasteiger partial charge in [0.1, 0.15) is 5.78 Å². The zero-order chi connectivity index (χ0) is 14.3. The lowest BCUT2D eigenvalue weighted by molar-refractivity contribution is -0.139. The maximum Gasteiger partial charge on any atom is 0.303 e. The molecule has 0 aliphatic rings. The SMILES string of the molecule is CC(=O)CCC(C)(C)C.CC(C)(C)CC(=O)O. The van der Waals surface area contributed by atoms with E-state index < -0.39 is 5.97 Å². The van der Waals surface area contributed by atoms with Gasteiger partial charge in [0.15, 0.2) is 0 Å². The van der Waals surface area contributed by atoms with Gasteiger partial charge in [-0.25, -0.2) is 0 Å². The molecule has 3 nitrogen and oxygen atoms in total. The van der Waals surface area contributed by atoms with Crippen LogP contribution in [0.4, 0.5) is 0 Å². The lowest BCUT2D eigenvalue weighted by atomic mass is 9.90. The third-order valence-corrected chi connectivity index (χ3v) is 1.91. The highest BCUT2D eigenvalue weighted by molar-refractivity contribution is 5.75. The van der Waals surface area contributed by atoms with Crippen LogP contribution in [-0.4, -0.2) is 16.9 Å². The summed E-state index contributed by atoms with van der Waals surface area (Å²) in [5.41, 5.74) is 0.234. The van der Waals surface area contributed by atoms with Crippen molar-refractivity contribution in [1.29, 1.82) is 0 Å². The highest BCUT2D eigenvalue weighted by Crippen LogP contribution is 2.20. The second-order valence-electron chi connectivity index (χ2n) is 6.89. The Morgan fingerprint density at radius 1 is 0.941 bits per heavy atom. The van der Waals surface area contributed by atoms with E-state index in [4.69, 9.17) is 5.11 Å². The highest BCUT2D eigenvalue weighted by atomic mass is 16.4. The fraction of sp³-hybridized carbons (Fsp3) is 0.857. The van der Waals surface area contributed by atoms with Crippen LogP contribution in [-0.2, 0) is 9.59 Å². The van der Waals surface area contributed by atoms with Crippen LogP contribution in [0.25, 0.3) is 0 Å². The Bertz CT molecular complexity index is 241. The molecule has 3 heteroatoms. The average Bonchev–Trinajstić information content (AvgIpc) is 1.95. The van der Waals surface area contributed by atoms with Crippen molar-refractivity contribution in [3.8, 4) is 0 Å². The van der Waals surface area contributed by atoms with Crippen LogP contribution < -0.4 is 0 Å². The molecule has 0 heterocycles. The van der Waals surface area contributed by atoms with Gasteiger partial charge in [-0.15, -0.1) is 0 Å². The Balaban J connectivity index is 0. The molecule has 1 N–H and O–H groups in total. The topological polar surface area (TPSA) is 54.4 Å². The Labute approximate surface area is 106 Å². The smallest absolute Gasteiger partial charge is 0.303 e. The molecule has 0 aliphatic carbocycles. The predicted octanol–water partition coefficient (Wildman–Crippen LogP) is 3.91. The molecule has 0 aliphatic heterocycles. The third kappa shape index (κ3) is 25.4. The van der Waals surface area contributed by atoms with Gasteiger partial charge in [0.2, 0.25) is 0 Å². The molecule has 0 saturated carbocycles. The first-order valence-electron chi connectivity index (χ1n) is 6.05. The second kappa shape index (κ2) is 7.46. The first-order valence-corrected chi connectivity index (χ1v) is 6.05. The summed E-state index contributed by atoms with van der Waals surface area (Å²) in [6, 6.07) is 0. The molecule has 0 atom stereocenters.